The summed E-state index contributed by atoms with van der Waals surface area (Å²) in [6, 6.07) is 1.67. The van der Waals surface area contributed by atoms with Crippen molar-refractivity contribution in [2.75, 3.05) is 23.3 Å². The van der Waals surface area contributed by atoms with Crippen molar-refractivity contribution in [2.45, 2.75) is 19.8 Å². The number of carbonyl (C=O) groups is 1. The number of aromatic nitrogens is 4. The van der Waals surface area contributed by atoms with E-state index in [9.17, 15) is 14.4 Å². The van der Waals surface area contributed by atoms with Gasteiger partial charge >= 0.3 is 5.69 Å². The first-order chi connectivity index (χ1) is 11.5. The van der Waals surface area contributed by atoms with E-state index >= 15 is 0 Å². The molecule has 0 bridgehead atoms. The summed E-state index contributed by atoms with van der Waals surface area (Å²) in [5.41, 5.74) is -1.61. The molecule has 24 heavy (non-hydrogen) atoms. The molecular formula is C15H18N6O3. The Bertz CT molecular complexity index is 851. The summed E-state index contributed by atoms with van der Waals surface area (Å²) in [7, 11) is 0. The maximum atomic E-state index is 12.1. The molecule has 3 heterocycles. The minimum absolute atomic E-state index is 0.193. The highest BCUT2D eigenvalue weighted by Crippen LogP contribution is 2.22. The summed E-state index contributed by atoms with van der Waals surface area (Å²) in [5, 5.41) is 2.55. The predicted molar refractivity (Wildman–Crippen MR) is 88.3 cm³/mol. The number of H-pyrrole nitrogens is 2. The molecule has 9 nitrogen and oxygen atoms in total. The van der Waals surface area contributed by atoms with Gasteiger partial charge in [-0.3, -0.25) is 14.6 Å². The van der Waals surface area contributed by atoms with Gasteiger partial charge in [0.2, 0.25) is 0 Å². The summed E-state index contributed by atoms with van der Waals surface area (Å²) in [6.45, 7) is 4.04. The van der Waals surface area contributed by atoms with E-state index in [1.54, 1.807) is 6.07 Å². The average Bonchev–Trinajstić information content (AvgIpc) is 2.55. The number of nitrogens with zero attached hydrogens (tertiary/aromatic N) is 3. The highest BCUT2D eigenvalue weighted by atomic mass is 16.2. The van der Waals surface area contributed by atoms with Gasteiger partial charge < -0.3 is 15.2 Å². The van der Waals surface area contributed by atoms with E-state index in [1.165, 1.54) is 6.33 Å². The zero-order valence-corrected chi connectivity index (χ0v) is 13.2. The van der Waals surface area contributed by atoms with Crippen LogP contribution in [-0.2, 0) is 0 Å². The summed E-state index contributed by atoms with van der Waals surface area (Å²) < 4.78 is 0. The summed E-state index contributed by atoms with van der Waals surface area (Å²) in [4.78, 5) is 49.4. The van der Waals surface area contributed by atoms with Crippen LogP contribution in [0, 0.1) is 5.92 Å². The standard InChI is InChI=1S/C15H18N6O3/c1-9-2-4-21(5-3-9)12-6-11(17-8-18-12)19-13(22)10-7-16-15(24)20-14(10)23/h6-9H,2-5H2,1H3,(H2,16,20,23,24)(H,17,18,19,22). The van der Waals surface area contributed by atoms with Gasteiger partial charge in [-0.15, -0.1) is 0 Å². The Hall–Kier alpha value is -2.97. The van der Waals surface area contributed by atoms with E-state index in [4.69, 9.17) is 0 Å². The minimum Gasteiger partial charge on any atom is -0.356 e. The average molecular weight is 330 g/mol. The Balaban J connectivity index is 1.76. The first kappa shape index (κ1) is 15.9. The van der Waals surface area contributed by atoms with E-state index in [0.717, 1.165) is 37.9 Å². The van der Waals surface area contributed by atoms with Crippen LogP contribution in [0.5, 0.6) is 0 Å². The molecule has 2 aromatic rings. The third-order valence-electron chi connectivity index (χ3n) is 4.07. The van der Waals surface area contributed by atoms with Crippen LogP contribution in [0.4, 0.5) is 11.6 Å². The Morgan fingerprint density at radius 3 is 2.75 bits per heavy atom. The quantitative estimate of drug-likeness (QED) is 0.745. The second-order valence-electron chi connectivity index (χ2n) is 5.87. The van der Waals surface area contributed by atoms with Gasteiger partial charge in [0.1, 0.15) is 23.5 Å². The number of hydrogen-bond acceptors (Lipinski definition) is 6. The monoisotopic (exact) mass is 330 g/mol. The summed E-state index contributed by atoms with van der Waals surface area (Å²) in [6.07, 6.45) is 4.64. The zero-order chi connectivity index (χ0) is 17.1. The molecule has 0 radical (unpaired) electrons. The third kappa shape index (κ3) is 3.50. The fourth-order valence-corrected chi connectivity index (χ4v) is 2.59. The minimum atomic E-state index is -0.754. The predicted octanol–water partition coefficient (Wildman–Crippen LogP) is 0.342. The lowest BCUT2D eigenvalue weighted by Crippen LogP contribution is -2.33. The van der Waals surface area contributed by atoms with E-state index in [-0.39, 0.29) is 5.56 Å². The van der Waals surface area contributed by atoms with Crippen LogP contribution in [0.1, 0.15) is 30.1 Å². The van der Waals surface area contributed by atoms with Crippen molar-refractivity contribution in [1.29, 1.82) is 0 Å². The topological polar surface area (TPSA) is 124 Å². The molecule has 0 saturated carbocycles. The lowest BCUT2D eigenvalue weighted by molar-refractivity contribution is 0.102. The molecule has 3 N–H and O–H groups in total. The number of rotatable bonds is 3. The van der Waals surface area contributed by atoms with Crippen molar-refractivity contribution in [3.63, 3.8) is 0 Å². The summed E-state index contributed by atoms with van der Waals surface area (Å²) in [5.74, 6) is 1.09. The Morgan fingerprint density at radius 2 is 2.04 bits per heavy atom. The molecule has 1 aliphatic rings. The number of carbonyl (C=O) groups excluding carboxylic acids is 1. The van der Waals surface area contributed by atoms with E-state index in [2.05, 4.69) is 32.1 Å². The fourth-order valence-electron chi connectivity index (χ4n) is 2.59. The Labute approximate surface area is 137 Å². The van der Waals surface area contributed by atoms with Gasteiger partial charge in [-0.1, -0.05) is 6.92 Å². The van der Waals surface area contributed by atoms with Crippen LogP contribution in [0.2, 0.25) is 0 Å². The van der Waals surface area contributed by atoms with Gasteiger partial charge in [0.15, 0.2) is 0 Å². The number of anilines is 2. The molecule has 1 amide bonds. The van der Waals surface area contributed by atoms with Gasteiger partial charge in [-0.25, -0.2) is 14.8 Å². The normalized spacial score (nSPS) is 15.3. The number of amides is 1. The second kappa shape index (κ2) is 6.65. The smallest absolute Gasteiger partial charge is 0.325 e. The van der Waals surface area contributed by atoms with Gasteiger partial charge in [0.25, 0.3) is 11.5 Å². The number of piperidine rings is 1. The molecule has 0 atom stereocenters. The van der Waals surface area contributed by atoms with Gasteiger partial charge in [0.05, 0.1) is 0 Å². The molecule has 2 aromatic heterocycles. The van der Waals surface area contributed by atoms with Crippen LogP contribution in [-0.4, -0.2) is 38.9 Å². The highest BCUT2D eigenvalue weighted by Gasteiger charge is 2.18. The first-order valence-corrected chi connectivity index (χ1v) is 7.73. The fraction of sp³-hybridized carbons (Fsp3) is 0.400. The Morgan fingerprint density at radius 1 is 1.29 bits per heavy atom. The number of aromatic amines is 2. The molecule has 0 aliphatic carbocycles. The van der Waals surface area contributed by atoms with Gasteiger partial charge in [0, 0.05) is 25.4 Å². The lowest BCUT2D eigenvalue weighted by atomic mass is 9.99. The molecular weight excluding hydrogens is 312 g/mol. The molecule has 0 unspecified atom stereocenters. The van der Waals surface area contributed by atoms with Crippen molar-refractivity contribution < 1.29 is 4.79 Å². The third-order valence-corrected chi connectivity index (χ3v) is 4.07. The number of nitrogens with one attached hydrogen (secondary N) is 3. The van der Waals surface area contributed by atoms with Crippen LogP contribution in [0.3, 0.4) is 0 Å². The molecule has 9 heteroatoms. The highest BCUT2D eigenvalue weighted by molar-refractivity contribution is 6.03. The van der Waals surface area contributed by atoms with E-state index < -0.39 is 17.2 Å². The van der Waals surface area contributed by atoms with Crippen LogP contribution >= 0.6 is 0 Å². The molecule has 126 valence electrons. The summed E-state index contributed by atoms with van der Waals surface area (Å²) >= 11 is 0. The largest absolute Gasteiger partial charge is 0.356 e. The first-order valence-electron chi connectivity index (χ1n) is 7.73. The van der Waals surface area contributed by atoms with Crippen LogP contribution in [0.15, 0.2) is 28.2 Å². The second-order valence-corrected chi connectivity index (χ2v) is 5.87. The molecule has 1 fully saturated rings. The van der Waals surface area contributed by atoms with E-state index in [0.29, 0.717) is 11.7 Å². The van der Waals surface area contributed by atoms with Crippen LogP contribution < -0.4 is 21.5 Å². The van der Waals surface area contributed by atoms with Gasteiger partial charge in [-0.05, 0) is 18.8 Å². The van der Waals surface area contributed by atoms with Crippen molar-refractivity contribution >= 4 is 17.5 Å². The van der Waals surface area contributed by atoms with Crippen molar-refractivity contribution in [2.24, 2.45) is 5.92 Å². The molecule has 0 spiro atoms. The Kier molecular flexibility index (Phi) is 4.41. The van der Waals surface area contributed by atoms with E-state index in [1.807, 2.05) is 4.98 Å². The molecule has 1 saturated heterocycles. The number of hydrogen-bond donors (Lipinski definition) is 3. The molecule has 3 rings (SSSR count). The van der Waals surface area contributed by atoms with Crippen molar-refractivity contribution in [3.8, 4) is 0 Å². The van der Waals surface area contributed by atoms with Crippen LogP contribution in [0.25, 0.3) is 0 Å². The zero-order valence-electron chi connectivity index (χ0n) is 13.2. The maximum absolute atomic E-state index is 12.1. The lowest BCUT2D eigenvalue weighted by Gasteiger charge is -2.31. The van der Waals surface area contributed by atoms with Crippen molar-refractivity contribution in [1.82, 2.24) is 19.9 Å². The maximum Gasteiger partial charge on any atom is 0.325 e. The SMILES string of the molecule is CC1CCN(c2cc(NC(=O)c3c[nH]c(=O)[nH]c3=O)ncn2)CC1. The molecule has 0 aromatic carbocycles. The van der Waals surface area contributed by atoms with Gasteiger partial charge in [-0.2, -0.15) is 0 Å². The van der Waals surface area contributed by atoms with Crippen molar-refractivity contribution in [3.05, 3.63) is 45.0 Å². The molecule has 1 aliphatic heterocycles.